The third-order valence-electron chi connectivity index (χ3n) is 2.50. The van der Waals surface area contributed by atoms with Crippen LogP contribution in [-0.4, -0.2) is 6.54 Å². The Bertz CT molecular complexity index is 299. The van der Waals surface area contributed by atoms with Gasteiger partial charge < -0.3 is 11.5 Å². The van der Waals surface area contributed by atoms with Gasteiger partial charge in [-0.25, -0.2) is 4.39 Å². The summed E-state index contributed by atoms with van der Waals surface area (Å²) < 4.78 is 12.9. The van der Waals surface area contributed by atoms with Crippen molar-refractivity contribution in [1.82, 2.24) is 0 Å². The molecule has 1 atom stereocenters. The van der Waals surface area contributed by atoms with E-state index in [1.54, 1.807) is 12.1 Å². The maximum absolute atomic E-state index is 12.9. The lowest BCUT2D eigenvalue weighted by molar-refractivity contribution is 0.606. The van der Waals surface area contributed by atoms with Crippen LogP contribution < -0.4 is 11.5 Å². The van der Waals surface area contributed by atoms with Crippen molar-refractivity contribution in [3.05, 3.63) is 29.6 Å². The molecule has 1 unspecified atom stereocenters. The molecule has 0 saturated carbocycles. The first-order chi connectivity index (χ1) is 6.69. The van der Waals surface area contributed by atoms with Gasteiger partial charge in [-0.1, -0.05) is 13.0 Å². The zero-order chi connectivity index (χ0) is 10.6. The van der Waals surface area contributed by atoms with Crippen LogP contribution in [0.1, 0.15) is 31.2 Å². The van der Waals surface area contributed by atoms with Crippen LogP contribution in [0.15, 0.2) is 18.2 Å². The monoisotopic (exact) mass is 196 g/mol. The quantitative estimate of drug-likeness (QED) is 0.726. The highest BCUT2D eigenvalue weighted by Crippen LogP contribution is 2.25. The smallest absolute Gasteiger partial charge is 0.146 e. The zero-order valence-corrected chi connectivity index (χ0v) is 8.46. The van der Waals surface area contributed by atoms with Crippen molar-refractivity contribution < 1.29 is 4.39 Å². The molecule has 0 fully saturated rings. The maximum atomic E-state index is 12.9. The molecule has 0 amide bonds. The topological polar surface area (TPSA) is 52.0 Å². The van der Waals surface area contributed by atoms with E-state index in [0.29, 0.717) is 12.5 Å². The minimum absolute atomic E-state index is 0.220. The molecule has 0 aliphatic heterocycles. The maximum Gasteiger partial charge on any atom is 0.146 e. The van der Waals surface area contributed by atoms with E-state index in [1.807, 2.05) is 0 Å². The fourth-order valence-corrected chi connectivity index (χ4v) is 1.62. The van der Waals surface area contributed by atoms with E-state index in [-0.39, 0.29) is 11.5 Å². The van der Waals surface area contributed by atoms with Crippen LogP contribution in [0.25, 0.3) is 0 Å². The molecule has 3 heteroatoms. The Morgan fingerprint density at radius 2 is 2.14 bits per heavy atom. The minimum Gasteiger partial charge on any atom is -0.396 e. The van der Waals surface area contributed by atoms with Gasteiger partial charge in [0.15, 0.2) is 0 Å². The summed E-state index contributed by atoms with van der Waals surface area (Å²) >= 11 is 0. The van der Waals surface area contributed by atoms with Gasteiger partial charge in [0.1, 0.15) is 5.82 Å². The van der Waals surface area contributed by atoms with Gasteiger partial charge in [0.2, 0.25) is 0 Å². The number of hydrogen-bond acceptors (Lipinski definition) is 2. The van der Waals surface area contributed by atoms with Crippen molar-refractivity contribution in [2.45, 2.75) is 25.7 Å². The van der Waals surface area contributed by atoms with Gasteiger partial charge in [0.25, 0.3) is 0 Å². The van der Waals surface area contributed by atoms with Crippen molar-refractivity contribution in [3.63, 3.8) is 0 Å². The standard InChI is InChI=1S/C11H17FN2/c1-2-8(5-6-13)9-3-4-10(12)11(14)7-9/h3-4,7-8H,2,5-6,13-14H2,1H3. The average Bonchev–Trinajstić information content (AvgIpc) is 2.19. The SMILES string of the molecule is CCC(CCN)c1ccc(F)c(N)c1. The summed E-state index contributed by atoms with van der Waals surface area (Å²) in [6, 6.07) is 4.92. The van der Waals surface area contributed by atoms with Gasteiger partial charge in [-0.15, -0.1) is 0 Å². The third kappa shape index (κ3) is 2.45. The molecule has 0 heterocycles. The predicted octanol–water partition coefficient (Wildman–Crippen LogP) is 2.25. The first-order valence-electron chi connectivity index (χ1n) is 4.94. The number of halogens is 1. The number of anilines is 1. The van der Waals surface area contributed by atoms with Gasteiger partial charge >= 0.3 is 0 Å². The fourth-order valence-electron chi connectivity index (χ4n) is 1.62. The second kappa shape index (κ2) is 4.96. The lowest BCUT2D eigenvalue weighted by atomic mass is 9.93. The molecule has 0 aliphatic carbocycles. The molecule has 4 N–H and O–H groups in total. The zero-order valence-electron chi connectivity index (χ0n) is 8.46. The molecule has 0 saturated heterocycles. The van der Waals surface area contributed by atoms with Crippen molar-refractivity contribution in [2.75, 3.05) is 12.3 Å². The van der Waals surface area contributed by atoms with Crippen molar-refractivity contribution in [2.24, 2.45) is 5.73 Å². The highest BCUT2D eigenvalue weighted by atomic mass is 19.1. The largest absolute Gasteiger partial charge is 0.396 e. The van der Waals surface area contributed by atoms with E-state index in [1.165, 1.54) is 6.07 Å². The number of hydrogen-bond donors (Lipinski definition) is 2. The van der Waals surface area contributed by atoms with E-state index < -0.39 is 0 Å². The normalized spacial score (nSPS) is 12.8. The van der Waals surface area contributed by atoms with E-state index in [0.717, 1.165) is 18.4 Å². The molecule has 0 radical (unpaired) electrons. The summed E-state index contributed by atoms with van der Waals surface area (Å²) in [7, 11) is 0. The summed E-state index contributed by atoms with van der Waals surface area (Å²) in [5, 5.41) is 0. The van der Waals surface area contributed by atoms with Crippen LogP contribution >= 0.6 is 0 Å². The number of nitrogens with two attached hydrogens (primary N) is 2. The van der Waals surface area contributed by atoms with E-state index in [4.69, 9.17) is 11.5 Å². The second-order valence-electron chi connectivity index (χ2n) is 3.46. The minimum atomic E-state index is -0.351. The summed E-state index contributed by atoms with van der Waals surface area (Å²) in [6.45, 7) is 2.75. The number of rotatable bonds is 4. The van der Waals surface area contributed by atoms with E-state index in [2.05, 4.69) is 6.92 Å². The third-order valence-corrected chi connectivity index (χ3v) is 2.50. The Morgan fingerprint density at radius 3 is 2.64 bits per heavy atom. The van der Waals surface area contributed by atoms with Crippen LogP contribution in [-0.2, 0) is 0 Å². The van der Waals surface area contributed by atoms with Crippen LogP contribution in [0, 0.1) is 5.82 Å². The number of benzene rings is 1. The molecule has 0 aliphatic rings. The van der Waals surface area contributed by atoms with E-state index in [9.17, 15) is 4.39 Å². The van der Waals surface area contributed by atoms with Crippen molar-refractivity contribution in [3.8, 4) is 0 Å². The van der Waals surface area contributed by atoms with Crippen molar-refractivity contribution in [1.29, 1.82) is 0 Å². The molecular weight excluding hydrogens is 179 g/mol. The highest BCUT2D eigenvalue weighted by molar-refractivity contribution is 5.43. The van der Waals surface area contributed by atoms with Crippen LogP contribution in [0.3, 0.4) is 0 Å². The summed E-state index contributed by atoms with van der Waals surface area (Å²) in [4.78, 5) is 0. The molecule has 78 valence electrons. The highest BCUT2D eigenvalue weighted by Gasteiger charge is 2.09. The number of nitrogen functional groups attached to an aromatic ring is 1. The Balaban J connectivity index is 2.88. The first kappa shape index (κ1) is 11.0. The van der Waals surface area contributed by atoms with Gasteiger partial charge in [-0.05, 0) is 43.0 Å². The van der Waals surface area contributed by atoms with Crippen LogP contribution in [0.4, 0.5) is 10.1 Å². The van der Waals surface area contributed by atoms with Crippen molar-refractivity contribution >= 4 is 5.69 Å². The Hall–Kier alpha value is -1.09. The van der Waals surface area contributed by atoms with Gasteiger partial charge in [-0.2, -0.15) is 0 Å². The molecular formula is C11H17FN2. The Kier molecular flexibility index (Phi) is 3.89. The fraction of sp³-hybridized carbons (Fsp3) is 0.455. The summed E-state index contributed by atoms with van der Waals surface area (Å²) in [6.07, 6.45) is 1.92. The van der Waals surface area contributed by atoms with E-state index >= 15 is 0 Å². The Labute approximate surface area is 84.1 Å². The molecule has 0 bridgehead atoms. The molecule has 2 nitrogen and oxygen atoms in total. The molecule has 0 spiro atoms. The lowest BCUT2D eigenvalue weighted by Gasteiger charge is -2.14. The first-order valence-corrected chi connectivity index (χ1v) is 4.94. The van der Waals surface area contributed by atoms with Gasteiger partial charge in [0, 0.05) is 0 Å². The molecule has 1 rings (SSSR count). The molecule has 14 heavy (non-hydrogen) atoms. The predicted molar refractivity (Wildman–Crippen MR) is 57.5 cm³/mol. The molecule has 1 aromatic rings. The Morgan fingerprint density at radius 1 is 1.43 bits per heavy atom. The van der Waals surface area contributed by atoms with Gasteiger partial charge in [0.05, 0.1) is 5.69 Å². The van der Waals surface area contributed by atoms with Gasteiger partial charge in [-0.3, -0.25) is 0 Å². The van der Waals surface area contributed by atoms with Crippen LogP contribution in [0.5, 0.6) is 0 Å². The summed E-state index contributed by atoms with van der Waals surface area (Å²) in [5.41, 5.74) is 12.3. The van der Waals surface area contributed by atoms with Crippen LogP contribution in [0.2, 0.25) is 0 Å². The molecule has 1 aromatic carbocycles. The average molecular weight is 196 g/mol. The molecule has 0 aromatic heterocycles. The summed E-state index contributed by atoms with van der Waals surface area (Å²) in [5.74, 6) is 0.0410. The second-order valence-corrected chi connectivity index (χ2v) is 3.46. The lowest BCUT2D eigenvalue weighted by Crippen LogP contribution is -2.07.